The highest BCUT2D eigenvalue weighted by Gasteiger charge is 2.22. The van der Waals surface area contributed by atoms with Crippen LogP contribution in [0, 0.1) is 20.8 Å². The Labute approximate surface area is 162 Å². The van der Waals surface area contributed by atoms with Crippen molar-refractivity contribution < 1.29 is 9.53 Å². The molecule has 0 bridgehead atoms. The SMILES string of the molecule is CCCOC(=O)[C@H](C)n1cnc2sc(C)c(-c3ccc(C)c(C)c3)c2c1=O. The molecule has 0 aliphatic rings. The van der Waals surface area contributed by atoms with E-state index in [-0.39, 0.29) is 5.56 Å². The standard InChI is InChI=1S/C21H24N2O3S/c1-6-9-26-21(25)14(4)23-11-22-19-18(20(23)24)17(15(5)27-19)16-8-7-12(2)13(3)10-16/h7-8,10-11,14H,6,9H2,1-5H3/t14-/m0/s1. The van der Waals surface area contributed by atoms with Crippen LogP contribution in [0.3, 0.4) is 0 Å². The molecule has 3 aromatic rings. The molecule has 0 fully saturated rings. The van der Waals surface area contributed by atoms with E-state index in [1.165, 1.54) is 33.4 Å². The summed E-state index contributed by atoms with van der Waals surface area (Å²) in [4.78, 5) is 31.6. The van der Waals surface area contributed by atoms with Crippen molar-refractivity contribution in [3.05, 3.63) is 50.9 Å². The van der Waals surface area contributed by atoms with Gasteiger partial charge in [-0.1, -0.05) is 25.1 Å². The number of hydrogen-bond donors (Lipinski definition) is 0. The summed E-state index contributed by atoms with van der Waals surface area (Å²) in [6.45, 7) is 10.1. The van der Waals surface area contributed by atoms with E-state index in [0.29, 0.717) is 16.8 Å². The Morgan fingerprint density at radius 2 is 2.00 bits per heavy atom. The molecule has 2 heterocycles. The number of rotatable bonds is 5. The Morgan fingerprint density at radius 3 is 2.67 bits per heavy atom. The lowest BCUT2D eigenvalue weighted by Crippen LogP contribution is -2.29. The number of aryl methyl sites for hydroxylation is 3. The Morgan fingerprint density at radius 1 is 1.26 bits per heavy atom. The van der Waals surface area contributed by atoms with Crippen LogP contribution in [0.5, 0.6) is 0 Å². The number of nitrogens with zero attached hydrogens (tertiary/aromatic N) is 2. The second-order valence-electron chi connectivity index (χ2n) is 6.81. The van der Waals surface area contributed by atoms with E-state index in [0.717, 1.165) is 22.4 Å². The molecule has 0 aliphatic heterocycles. The first-order valence-electron chi connectivity index (χ1n) is 9.09. The molecular weight excluding hydrogens is 360 g/mol. The van der Waals surface area contributed by atoms with Gasteiger partial charge in [-0.25, -0.2) is 9.78 Å². The molecule has 0 saturated heterocycles. The van der Waals surface area contributed by atoms with Crippen LogP contribution in [0.4, 0.5) is 0 Å². The fourth-order valence-electron chi connectivity index (χ4n) is 3.07. The third kappa shape index (κ3) is 3.54. The third-order valence-corrected chi connectivity index (χ3v) is 5.83. The van der Waals surface area contributed by atoms with Crippen LogP contribution < -0.4 is 5.56 Å². The Balaban J connectivity index is 2.16. The predicted molar refractivity (Wildman–Crippen MR) is 109 cm³/mol. The van der Waals surface area contributed by atoms with Gasteiger partial charge in [-0.3, -0.25) is 9.36 Å². The lowest BCUT2D eigenvalue weighted by atomic mass is 9.99. The molecule has 142 valence electrons. The van der Waals surface area contributed by atoms with Gasteiger partial charge in [0.1, 0.15) is 10.9 Å². The average Bonchev–Trinajstić information content (AvgIpc) is 2.98. The highest BCUT2D eigenvalue weighted by Crippen LogP contribution is 2.36. The van der Waals surface area contributed by atoms with Crippen molar-refractivity contribution in [2.45, 2.75) is 47.1 Å². The number of carbonyl (C=O) groups excluding carboxylic acids is 1. The summed E-state index contributed by atoms with van der Waals surface area (Å²) in [5, 5.41) is 0.568. The molecular formula is C21H24N2O3S. The summed E-state index contributed by atoms with van der Waals surface area (Å²) in [6.07, 6.45) is 2.19. The van der Waals surface area contributed by atoms with Crippen molar-refractivity contribution in [2.75, 3.05) is 6.61 Å². The van der Waals surface area contributed by atoms with Crippen molar-refractivity contribution >= 4 is 27.5 Å². The third-order valence-electron chi connectivity index (χ3n) is 4.82. The van der Waals surface area contributed by atoms with Gasteiger partial charge < -0.3 is 4.74 Å². The lowest BCUT2D eigenvalue weighted by molar-refractivity contribution is -0.147. The first kappa shape index (κ1) is 19.3. The van der Waals surface area contributed by atoms with Crippen molar-refractivity contribution in [1.29, 1.82) is 0 Å². The number of ether oxygens (including phenoxy) is 1. The largest absolute Gasteiger partial charge is 0.464 e. The summed E-state index contributed by atoms with van der Waals surface area (Å²) in [5.74, 6) is -0.417. The van der Waals surface area contributed by atoms with Crippen LogP contribution in [0.1, 0.15) is 42.3 Å². The summed E-state index contributed by atoms with van der Waals surface area (Å²) < 4.78 is 6.57. The zero-order chi connectivity index (χ0) is 19.7. The molecule has 0 unspecified atom stereocenters. The number of benzene rings is 1. The second kappa shape index (κ2) is 7.64. The summed E-state index contributed by atoms with van der Waals surface area (Å²) in [5.41, 5.74) is 4.07. The van der Waals surface area contributed by atoms with Crippen LogP contribution >= 0.6 is 11.3 Å². The topological polar surface area (TPSA) is 61.2 Å². The van der Waals surface area contributed by atoms with Crippen LogP contribution in [-0.4, -0.2) is 22.1 Å². The molecule has 0 saturated carbocycles. The molecule has 0 radical (unpaired) electrons. The number of aromatic nitrogens is 2. The maximum absolute atomic E-state index is 13.2. The quantitative estimate of drug-likeness (QED) is 0.605. The number of fused-ring (bicyclic) bond motifs is 1. The molecule has 0 N–H and O–H groups in total. The fraction of sp³-hybridized carbons (Fsp3) is 0.381. The highest BCUT2D eigenvalue weighted by atomic mass is 32.1. The molecule has 0 spiro atoms. The number of hydrogen-bond acceptors (Lipinski definition) is 5. The van der Waals surface area contributed by atoms with Crippen LogP contribution in [0.2, 0.25) is 0 Å². The van der Waals surface area contributed by atoms with Crippen molar-refractivity contribution in [2.24, 2.45) is 0 Å². The van der Waals surface area contributed by atoms with E-state index >= 15 is 0 Å². The maximum Gasteiger partial charge on any atom is 0.328 e. The molecule has 2 aromatic heterocycles. The van der Waals surface area contributed by atoms with Gasteiger partial charge in [-0.15, -0.1) is 11.3 Å². The summed E-state index contributed by atoms with van der Waals surface area (Å²) >= 11 is 1.50. The molecule has 1 aromatic carbocycles. The van der Waals surface area contributed by atoms with Gasteiger partial charge in [-0.05, 0) is 50.8 Å². The fourth-order valence-corrected chi connectivity index (χ4v) is 4.08. The normalized spacial score (nSPS) is 12.3. The van der Waals surface area contributed by atoms with Gasteiger partial charge in [0.25, 0.3) is 5.56 Å². The average molecular weight is 385 g/mol. The van der Waals surface area contributed by atoms with Gasteiger partial charge in [-0.2, -0.15) is 0 Å². The van der Waals surface area contributed by atoms with E-state index in [2.05, 4.69) is 31.0 Å². The number of carbonyl (C=O) groups is 1. The van der Waals surface area contributed by atoms with Gasteiger partial charge in [0.2, 0.25) is 0 Å². The monoisotopic (exact) mass is 384 g/mol. The second-order valence-corrected chi connectivity index (χ2v) is 8.02. The van der Waals surface area contributed by atoms with Gasteiger partial charge in [0.05, 0.1) is 18.3 Å². The van der Waals surface area contributed by atoms with E-state index < -0.39 is 12.0 Å². The van der Waals surface area contributed by atoms with Crippen LogP contribution in [0.15, 0.2) is 29.3 Å². The molecule has 3 rings (SSSR count). The summed E-state index contributed by atoms with van der Waals surface area (Å²) in [6, 6.07) is 5.48. The van der Waals surface area contributed by atoms with E-state index in [1.54, 1.807) is 6.92 Å². The molecule has 27 heavy (non-hydrogen) atoms. The zero-order valence-corrected chi connectivity index (χ0v) is 17.1. The first-order valence-corrected chi connectivity index (χ1v) is 9.91. The van der Waals surface area contributed by atoms with Crippen LogP contribution in [0.25, 0.3) is 21.3 Å². The predicted octanol–water partition coefficient (Wildman–Crippen LogP) is 4.56. The molecule has 0 amide bonds. The minimum atomic E-state index is -0.714. The van der Waals surface area contributed by atoms with E-state index in [9.17, 15) is 9.59 Å². The maximum atomic E-state index is 13.2. The first-order chi connectivity index (χ1) is 12.8. The Kier molecular flexibility index (Phi) is 5.46. The minimum absolute atomic E-state index is 0.210. The lowest BCUT2D eigenvalue weighted by Gasteiger charge is -2.14. The molecule has 0 aliphatic carbocycles. The minimum Gasteiger partial charge on any atom is -0.464 e. The molecule has 6 heteroatoms. The summed E-state index contributed by atoms with van der Waals surface area (Å²) in [7, 11) is 0. The Bertz CT molecular complexity index is 1070. The van der Waals surface area contributed by atoms with Crippen LogP contribution in [-0.2, 0) is 9.53 Å². The number of esters is 1. The number of thiophene rings is 1. The van der Waals surface area contributed by atoms with Crippen molar-refractivity contribution in [1.82, 2.24) is 9.55 Å². The zero-order valence-electron chi connectivity index (χ0n) is 16.3. The Hall–Kier alpha value is -2.47. The van der Waals surface area contributed by atoms with Gasteiger partial charge >= 0.3 is 5.97 Å². The van der Waals surface area contributed by atoms with Crippen molar-refractivity contribution in [3.8, 4) is 11.1 Å². The van der Waals surface area contributed by atoms with E-state index in [1.807, 2.05) is 19.9 Å². The van der Waals surface area contributed by atoms with Gasteiger partial charge in [0, 0.05) is 10.4 Å². The van der Waals surface area contributed by atoms with Crippen molar-refractivity contribution in [3.63, 3.8) is 0 Å². The molecule has 5 nitrogen and oxygen atoms in total. The smallest absolute Gasteiger partial charge is 0.328 e. The molecule has 1 atom stereocenters. The van der Waals surface area contributed by atoms with Gasteiger partial charge in [0.15, 0.2) is 0 Å². The highest BCUT2D eigenvalue weighted by molar-refractivity contribution is 7.19. The van der Waals surface area contributed by atoms with E-state index in [4.69, 9.17) is 4.74 Å².